The molecule has 0 aliphatic rings. The van der Waals surface area contributed by atoms with Crippen molar-refractivity contribution in [2.75, 3.05) is 14.2 Å². The molecule has 0 fully saturated rings. The lowest BCUT2D eigenvalue weighted by Gasteiger charge is -2.12. The molecule has 0 aliphatic carbocycles. The van der Waals surface area contributed by atoms with Gasteiger partial charge >= 0.3 is 0 Å². The number of methoxy groups -OCH3 is 2. The number of thiazole rings is 1. The predicted octanol–water partition coefficient (Wildman–Crippen LogP) is 1.97. The highest BCUT2D eigenvalue weighted by molar-refractivity contribution is 7.07. The Kier molecular flexibility index (Phi) is 7.44. The van der Waals surface area contributed by atoms with Crippen molar-refractivity contribution in [2.45, 2.75) is 0 Å². The number of amides is 1. The molecule has 31 heavy (non-hydrogen) atoms. The molecule has 7 heteroatoms. The largest absolute Gasteiger partial charge is 1.00 e. The van der Waals surface area contributed by atoms with E-state index in [1.807, 2.05) is 76.7 Å². The van der Waals surface area contributed by atoms with Gasteiger partial charge in [-0.3, -0.25) is 9.36 Å². The molecule has 5 nitrogen and oxygen atoms in total. The van der Waals surface area contributed by atoms with Gasteiger partial charge in [-0.25, -0.2) is 0 Å². The van der Waals surface area contributed by atoms with Crippen LogP contribution in [0.4, 0.5) is 0 Å². The third-order valence-electron chi connectivity index (χ3n) is 4.62. The van der Waals surface area contributed by atoms with E-state index in [0.717, 1.165) is 16.9 Å². The number of ether oxygens (including phenoxy) is 2. The Bertz CT molecular complexity index is 1230. The van der Waals surface area contributed by atoms with Gasteiger partial charge in [-0.05, 0) is 42.5 Å². The number of benzene rings is 3. The van der Waals surface area contributed by atoms with Gasteiger partial charge in [0.15, 0.2) is 16.3 Å². The van der Waals surface area contributed by atoms with Crippen molar-refractivity contribution < 1.29 is 31.2 Å². The Labute approximate surface area is 195 Å². The van der Waals surface area contributed by atoms with Crippen LogP contribution in [-0.4, -0.2) is 24.7 Å². The normalized spacial score (nSPS) is 11.0. The van der Waals surface area contributed by atoms with Crippen LogP contribution in [0.3, 0.4) is 0 Å². The van der Waals surface area contributed by atoms with Crippen molar-refractivity contribution in [2.24, 2.45) is 4.99 Å². The molecule has 4 aromatic rings. The molecule has 4 rings (SSSR count). The highest BCUT2D eigenvalue weighted by atomic mass is 79.9. The van der Waals surface area contributed by atoms with Crippen molar-refractivity contribution in [3.05, 3.63) is 94.6 Å². The Morgan fingerprint density at radius 2 is 1.52 bits per heavy atom. The van der Waals surface area contributed by atoms with Crippen LogP contribution >= 0.6 is 11.3 Å². The summed E-state index contributed by atoms with van der Waals surface area (Å²) in [4.78, 5) is 17.7. The highest BCUT2D eigenvalue weighted by Gasteiger charge is 2.14. The molecule has 1 heterocycles. The van der Waals surface area contributed by atoms with Crippen LogP contribution in [0.2, 0.25) is 0 Å². The van der Waals surface area contributed by atoms with E-state index in [-0.39, 0.29) is 22.9 Å². The minimum Gasteiger partial charge on any atom is -1.00 e. The lowest BCUT2D eigenvalue weighted by atomic mass is 10.1. The van der Waals surface area contributed by atoms with Gasteiger partial charge in [-0.2, -0.15) is 4.99 Å². The number of para-hydroxylation sites is 1. The number of aromatic nitrogens is 1. The Morgan fingerprint density at radius 3 is 2.16 bits per heavy atom. The molecule has 0 bridgehead atoms. The Morgan fingerprint density at radius 1 is 0.871 bits per heavy atom. The maximum atomic E-state index is 12.7. The van der Waals surface area contributed by atoms with E-state index in [1.165, 1.54) is 11.3 Å². The summed E-state index contributed by atoms with van der Waals surface area (Å²) in [6.07, 6.45) is 0. The number of rotatable bonds is 5. The molecule has 0 saturated heterocycles. The maximum absolute atomic E-state index is 12.7. The number of hydrogen-bond acceptors (Lipinski definition) is 4. The fourth-order valence-electron chi connectivity index (χ4n) is 3.14. The zero-order valence-electron chi connectivity index (χ0n) is 17.0. The molecule has 1 aromatic heterocycles. The van der Waals surface area contributed by atoms with Gasteiger partial charge in [-0.15, -0.1) is 11.3 Å². The lowest BCUT2D eigenvalue weighted by molar-refractivity contribution is -0.0000144. The van der Waals surface area contributed by atoms with Crippen LogP contribution in [0, 0.1) is 0 Å². The van der Waals surface area contributed by atoms with Crippen LogP contribution in [0.15, 0.2) is 89.2 Å². The zero-order chi connectivity index (χ0) is 20.9. The minimum atomic E-state index is -0.277. The molecule has 0 atom stereocenters. The van der Waals surface area contributed by atoms with Crippen LogP contribution in [0.1, 0.15) is 10.4 Å². The maximum Gasteiger partial charge on any atom is 0.279 e. The van der Waals surface area contributed by atoms with Gasteiger partial charge in [0.05, 0.1) is 19.9 Å². The number of hydrogen-bond donors (Lipinski definition) is 0. The highest BCUT2D eigenvalue weighted by Crippen LogP contribution is 2.33. The summed E-state index contributed by atoms with van der Waals surface area (Å²) in [6.45, 7) is 0. The van der Waals surface area contributed by atoms with Crippen LogP contribution < -0.4 is 31.3 Å². The molecule has 0 N–H and O–H groups in total. The molecule has 0 spiro atoms. The summed E-state index contributed by atoms with van der Waals surface area (Å²) in [7, 11) is 3.22. The Balaban J connectivity index is 0.00000272. The first-order valence-electron chi connectivity index (χ1n) is 9.33. The van der Waals surface area contributed by atoms with E-state index in [2.05, 4.69) is 4.99 Å². The second kappa shape index (κ2) is 10.2. The first kappa shape index (κ1) is 22.5. The number of carbonyl (C=O) groups is 1. The monoisotopic (exact) mass is 495 g/mol. The second-order valence-electron chi connectivity index (χ2n) is 6.43. The summed E-state index contributed by atoms with van der Waals surface area (Å²) in [5, 5.41) is 1.99. The third kappa shape index (κ3) is 4.78. The summed E-state index contributed by atoms with van der Waals surface area (Å²) in [5.74, 6) is 1.02. The van der Waals surface area contributed by atoms with E-state index in [4.69, 9.17) is 9.47 Å². The molecule has 0 saturated carbocycles. The SMILES string of the molecule is COc1ccc(-c2csc(=NC(=O)c3ccccc3)n2-c2ccccc2)cc1OC.[Br-]. The first-order valence-corrected chi connectivity index (χ1v) is 10.2. The van der Waals surface area contributed by atoms with Crippen molar-refractivity contribution >= 4 is 17.2 Å². The van der Waals surface area contributed by atoms with Gasteiger partial charge in [-0.1, -0.05) is 36.4 Å². The third-order valence-corrected chi connectivity index (χ3v) is 5.45. The molecule has 158 valence electrons. The number of halogens is 1. The molecular weight excluding hydrogens is 476 g/mol. The van der Waals surface area contributed by atoms with E-state index in [0.29, 0.717) is 21.9 Å². The van der Waals surface area contributed by atoms with Crippen molar-refractivity contribution in [1.29, 1.82) is 0 Å². The van der Waals surface area contributed by atoms with Crippen LogP contribution in [0.5, 0.6) is 11.5 Å². The summed E-state index contributed by atoms with van der Waals surface area (Å²) in [5.41, 5.74) is 3.31. The van der Waals surface area contributed by atoms with Crippen LogP contribution in [0.25, 0.3) is 16.9 Å². The molecular formula is C24H20BrN2O3S-. The predicted molar refractivity (Wildman–Crippen MR) is 119 cm³/mol. The average Bonchev–Trinajstić information content (AvgIpc) is 3.23. The molecule has 0 unspecified atom stereocenters. The quantitative estimate of drug-likeness (QED) is 0.425. The fourth-order valence-corrected chi connectivity index (χ4v) is 4.05. The number of nitrogens with zero attached hydrogens (tertiary/aromatic N) is 2. The second-order valence-corrected chi connectivity index (χ2v) is 7.26. The minimum absolute atomic E-state index is 0. The molecule has 0 radical (unpaired) electrons. The zero-order valence-corrected chi connectivity index (χ0v) is 19.4. The van der Waals surface area contributed by atoms with Gasteiger partial charge in [0, 0.05) is 22.2 Å². The van der Waals surface area contributed by atoms with Gasteiger partial charge in [0.2, 0.25) is 0 Å². The standard InChI is InChI=1S/C24H20N2O3S.BrH/c1-28-21-14-13-18(15-22(21)29-2)20-16-30-24(26(20)19-11-7-4-8-12-19)25-23(27)17-9-5-3-6-10-17;/h3-16H,1-2H3;1H/p-1. The summed E-state index contributed by atoms with van der Waals surface area (Å²) in [6, 6.07) is 24.7. The molecule has 3 aromatic carbocycles. The van der Waals surface area contributed by atoms with Crippen LogP contribution in [-0.2, 0) is 0 Å². The van der Waals surface area contributed by atoms with Crippen molar-refractivity contribution in [3.8, 4) is 28.4 Å². The number of carbonyl (C=O) groups excluding carboxylic acids is 1. The van der Waals surface area contributed by atoms with Gasteiger partial charge in [0.1, 0.15) is 0 Å². The van der Waals surface area contributed by atoms with E-state index < -0.39 is 0 Å². The molecule has 1 amide bonds. The van der Waals surface area contributed by atoms with Gasteiger partial charge in [0.25, 0.3) is 5.91 Å². The van der Waals surface area contributed by atoms with Crippen molar-refractivity contribution in [1.82, 2.24) is 4.57 Å². The van der Waals surface area contributed by atoms with E-state index in [9.17, 15) is 4.79 Å². The topological polar surface area (TPSA) is 52.8 Å². The Hall–Kier alpha value is -3.16. The van der Waals surface area contributed by atoms with Gasteiger partial charge < -0.3 is 26.5 Å². The molecule has 0 aliphatic heterocycles. The smallest absolute Gasteiger partial charge is 0.279 e. The average molecular weight is 496 g/mol. The van der Waals surface area contributed by atoms with E-state index in [1.54, 1.807) is 26.4 Å². The fraction of sp³-hybridized carbons (Fsp3) is 0.0833. The summed E-state index contributed by atoms with van der Waals surface area (Å²) >= 11 is 1.42. The van der Waals surface area contributed by atoms with Crippen molar-refractivity contribution in [3.63, 3.8) is 0 Å². The first-order chi connectivity index (χ1) is 14.7. The lowest BCUT2D eigenvalue weighted by Crippen LogP contribution is -3.00. The summed E-state index contributed by atoms with van der Waals surface area (Å²) < 4.78 is 12.8. The van der Waals surface area contributed by atoms with E-state index >= 15 is 0 Å².